The molecule has 0 spiro atoms. The molecular formula is C80H144N2O36. The summed E-state index contributed by atoms with van der Waals surface area (Å²) < 4.78 is 85.3. The van der Waals surface area contributed by atoms with Crippen LogP contribution >= 0.6 is 0 Å². The molecule has 22 N–H and O–H groups in total. The number of ether oxygens (including phenoxy) is 14. The molecule has 7 aliphatic heterocycles. The zero-order valence-corrected chi connectivity index (χ0v) is 69.0. The summed E-state index contributed by atoms with van der Waals surface area (Å²) in [6.45, 7) is 2.11. The highest BCUT2D eigenvalue weighted by atomic mass is 16.8. The van der Waals surface area contributed by atoms with E-state index in [9.17, 15) is 112 Å². The van der Waals surface area contributed by atoms with Crippen molar-refractivity contribution in [3.05, 3.63) is 12.2 Å². The van der Waals surface area contributed by atoms with Gasteiger partial charge in [-0.2, -0.15) is 0 Å². The molecule has 0 aromatic heterocycles. The molecule has 37 atom stereocenters. The Labute approximate surface area is 691 Å². The zero-order valence-electron chi connectivity index (χ0n) is 69.0. The maximum absolute atomic E-state index is 13.6. The molecule has 7 saturated heterocycles. The minimum absolute atomic E-state index is 0.154. The minimum Gasteiger partial charge on any atom is -0.394 e. The lowest BCUT2D eigenvalue weighted by atomic mass is 9.93. The van der Waals surface area contributed by atoms with Gasteiger partial charge in [0.1, 0.15) is 159 Å². The second kappa shape index (κ2) is 53.1. The summed E-state index contributed by atoms with van der Waals surface area (Å²) in [5.74, 6) is -1.32. The lowest BCUT2D eigenvalue weighted by Gasteiger charge is -2.53. The summed E-state index contributed by atoms with van der Waals surface area (Å²) in [5, 5.41) is 230. The van der Waals surface area contributed by atoms with Crippen LogP contribution in [0.4, 0.5) is 0 Å². The molecule has 38 heteroatoms. The van der Waals surface area contributed by atoms with E-state index in [1.807, 2.05) is 6.08 Å². The maximum Gasteiger partial charge on any atom is 0.220 e. The van der Waals surface area contributed by atoms with Crippen LogP contribution < -0.4 is 10.6 Å². The number of aliphatic hydroxyl groups excluding tert-OH is 20. The maximum atomic E-state index is 13.6. The Bertz CT molecular complexity index is 2760. The van der Waals surface area contributed by atoms with Crippen molar-refractivity contribution < 1.29 is 178 Å². The Morgan fingerprint density at radius 3 is 1.19 bits per heavy atom. The van der Waals surface area contributed by atoms with Crippen molar-refractivity contribution in [1.29, 1.82) is 0 Å². The van der Waals surface area contributed by atoms with E-state index in [-0.39, 0.29) is 12.3 Å². The second-order valence-corrected chi connectivity index (χ2v) is 32.7. The Kier molecular flexibility index (Phi) is 46.1. The van der Waals surface area contributed by atoms with Crippen LogP contribution in [0.15, 0.2) is 12.2 Å². The summed E-state index contributed by atoms with van der Waals surface area (Å²) in [6, 6.07) is -3.09. The van der Waals surface area contributed by atoms with E-state index < -0.39 is 273 Å². The number of amides is 2. The number of hydrogen-bond acceptors (Lipinski definition) is 36. The van der Waals surface area contributed by atoms with Gasteiger partial charge in [-0.15, -0.1) is 0 Å². The molecular weight excluding hydrogens is 1560 g/mol. The largest absolute Gasteiger partial charge is 0.394 e. The van der Waals surface area contributed by atoms with Gasteiger partial charge >= 0.3 is 0 Å². The van der Waals surface area contributed by atoms with Gasteiger partial charge in [0, 0.05) is 13.3 Å². The predicted octanol–water partition coefficient (Wildman–Crippen LogP) is -2.69. The number of carbonyl (C=O) groups is 2. The molecule has 7 fully saturated rings. The molecule has 38 nitrogen and oxygen atoms in total. The molecule has 7 rings (SSSR count). The summed E-state index contributed by atoms with van der Waals surface area (Å²) in [7, 11) is 0. The Morgan fingerprint density at radius 1 is 0.347 bits per heavy atom. The van der Waals surface area contributed by atoms with Gasteiger partial charge < -0.3 is 179 Å². The Hall–Kier alpha value is -2.68. The Balaban J connectivity index is 1.09. The van der Waals surface area contributed by atoms with Crippen molar-refractivity contribution >= 4 is 11.8 Å². The van der Waals surface area contributed by atoms with Crippen molar-refractivity contribution in [3.8, 4) is 0 Å². The SMILES string of the molecule is CCCCCCCCCCCCC/C=C/[C@@H](O)[C@H](CO[C@@H]1OC(CO)[C@@H](O[C@@H]2OC(CO)[C@H](O)[C@H](O[C@@H]3OC(CO)[C@@H](O[C@@H]4OC(CO)[C@H](O)[C@H](O[C@H]5OC(CO)[C@H](O)[C@H](O)C5O)C4O[C@H]4OC(C)[C@@H](O)C(O)[C@@H]4O)[C@H](O[C@H]4OC(C)[C@@H](O)C(O)[C@@H]4O)C3NC(C)=O)C2O)[C@H](O)C1O)NC(=O)CCCCCCCCCCCCCCCCC. The first kappa shape index (κ1) is 102. The van der Waals surface area contributed by atoms with E-state index in [1.165, 1.54) is 123 Å². The second-order valence-electron chi connectivity index (χ2n) is 32.7. The van der Waals surface area contributed by atoms with Crippen LogP contribution in [-0.2, 0) is 75.9 Å². The molecule has 2 amide bonds. The first-order chi connectivity index (χ1) is 56.6. The summed E-state index contributed by atoms with van der Waals surface area (Å²) in [6.07, 6.45) is -34.7. The van der Waals surface area contributed by atoms with Gasteiger partial charge in [-0.1, -0.05) is 180 Å². The molecule has 0 aliphatic carbocycles. The first-order valence-electron chi connectivity index (χ1n) is 43.2. The van der Waals surface area contributed by atoms with Gasteiger partial charge in [-0.3, -0.25) is 9.59 Å². The fourth-order valence-corrected chi connectivity index (χ4v) is 16.0. The van der Waals surface area contributed by atoms with Crippen LogP contribution in [0.2, 0.25) is 0 Å². The number of aliphatic hydroxyl groups is 20. The first-order valence-corrected chi connectivity index (χ1v) is 43.2. The topological polar surface area (TPSA) is 592 Å². The van der Waals surface area contributed by atoms with Crippen molar-refractivity contribution in [2.75, 3.05) is 39.6 Å². The highest BCUT2D eigenvalue weighted by Gasteiger charge is 2.61. The molecule has 0 bridgehead atoms. The van der Waals surface area contributed by atoms with Crippen LogP contribution in [0.25, 0.3) is 0 Å². The lowest BCUT2D eigenvalue weighted by molar-refractivity contribution is -0.411. The van der Waals surface area contributed by atoms with Gasteiger partial charge in [0.05, 0.1) is 64.0 Å². The lowest BCUT2D eigenvalue weighted by Crippen LogP contribution is -2.72. The minimum atomic E-state index is -2.31. The van der Waals surface area contributed by atoms with Crippen LogP contribution in [-0.4, -0.2) is 381 Å². The number of rotatable bonds is 52. The fraction of sp³-hybridized carbons (Fsp3) is 0.950. The highest BCUT2D eigenvalue weighted by Crippen LogP contribution is 2.40. The monoisotopic (exact) mass is 1710 g/mol. The summed E-state index contributed by atoms with van der Waals surface area (Å²) in [4.78, 5) is 27.3. The highest BCUT2D eigenvalue weighted by molar-refractivity contribution is 5.76. The fourth-order valence-electron chi connectivity index (χ4n) is 16.0. The normalized spacial score (nSPS) is 39.9. The number of nitrogens with one attached hydrogen (secondary N) is 2. The number of hydrogen-bond donors (Lipinski definition) is 22. The van der Waals surface area contributed by atoms with E-state index in [2.05, 4.69) is 24.5 Å². The Morgan fingerprint density at radius 2 is 0.703 bits per heavy atom. The molecule has 0 radical (unpaired) electrons. The number of allylic oxidation sites excluding steroid dienone is 1. The molecule has 118 heavy (non-hydrogen) atoms. The third-order valence-corrected chi connectivity index (χ3v) is 23.4. The standard InChI is InChI=1S/C80H144N2O36/c1-6-8-10-12-14-16-18-20-21-23-25-27-29-31-33-35-52(90)82-45(46(89)34-32-30-28-26-24-22-19-17-15-13-11-9-7-2)41-105-75-66(103)62(99)68(50(39-86)112-75)113-79-67(104)71(57(94)48(37-84)109-79)116-74-53(81-44(5)88)70(115-76-63(100)59(96)54(91)42(3)106-76)69(51(40-87)111-74)114-80-73(118-77-64(101)60(97)55(92)43(4)107-77)72(58(95)49(38-85)110-80)117-78-65(102)61(98)56(93)47(36-83)108-78/h32,34,42-43,45-51,53-80,83-87,89,91-104H,6-31,33,35-41H2,1-5H3,(H,81,88)(H,82,90)/b34-32+/t42?,43?,45-,46+,47?,48?,49?,50?,51?,53?,54+,55+,56-,57-,58-,59?,60?,61-,62+,63-,64-,65?,66?,67?,68+,69+,70+,71-,72-,73?,74-,75+,76+,77+,78+,79-,80-/m0/s1. The van der Waals surface area contributed by atoms with E-state index in [4.69, 9.17) is 66.3 Å². The van der Waals surface area contributed by atoms with Crippen molar-refractivity contribution in [2.45, 2.75) is 441 Å². The van der Waals surface area contributed by atoms with Crippen LogP contribution in [0.3, 0.4) is 0 Å². The van der Waals surface area contributed by atoms with Gasteiger partial charge in [-0.05, 0) is 33.1 Å². The van der Waals surface area contributed by atoms with Crippen LogP contribution in [0.5, 0.6) is 0 Å². The molecule has 14 unspecified atom stereocenters. The summed E-state index contributed by atoms with van der Waals surface area (Å²) >= 11 is 0. The smallest absolute Gasteiger partial charge is 0.220 e. The van der Waals surface area contributed by atoms with Crippen LogP contribution in [0, 0.1) is 0 Å². The average Bonchev–Trinajstić information content (AvgIpc) is 0.756. The average molecular weight is 1710 g/mol. The molecule has 7 aliphatic rings. The number of carbonyl (C=O) groups excluding carboxylic acids is 2. The van der Waals surface area contributed by atoms with Crippen LogP contribution in [0.1, 0.15) is 214 Å². The third kappa shape index (κ3) is 29.5. The van der Waals surface area contributed by atoms with Gasteiger partial charge in [0.2, 0.25) is 11.8 Å². The van der Waals surface area contributed by atoms with E-state index in [0.29, 0.717) is 12.8 Å². The van der Waals surface area contributed by atoms with Crippen molar-refractivity contribution in [3.63, 3.8) is 0 Å². The summed E-state index contributed by atoms with van der Waals surface area (Å²) in [5.41, 5.74) is 0. The van der Waals surface area contributed by atoms with Gasteiger partial charge in [0.25, 0.3) is 0 Å². The molecule has 0 aromatic carbocycles. The quantitative estimate of drug-likeness (QED) is 0.0218. The van der Waals surface area contributed by atoms with E-state index >= 15 is 0 Å². The number of unbranched alkanes of at least 4 members (excludes halogenated alkanes) is 25. The predicted molar refractivity (Wildman–Crippen MR) is 412 cm³/mol. The zero-order chi connectivity index (χ0) is 86.3. The van der Waals surface area contributed by atoms with Gasteiger partial charge in [-0.25, -0.2) is 0 Å². The van der Waals surface area contributed by atoms with E-state index in [1.54, 1.807) is 6.08 Å². The molecule has 0 aromatic rings. The molecule has 0 saturated carbocycles. The van der Waals surface area contributed by atoms with Gasteiger partial charge in [0.15, 0.2) is 44.0 Å². The van der Waals surface area contributed by atoms with Crippen molar-refractivity contribution in [2.24, 2.45) is 0 Å². The third-order valence-electron chi connectivity index (χ3n) is 23.4. The molecule has 7 heterocycles. The van der Waals surface area contributed by atoms with Crippen molar-refractivity contribution in [1.82, 2.24) is 10.6 Å². The molecule has 690 valence electrons. The van der Waals surface area contributed by atoms with E-state index in [0.717, 1.165) is 58.3 Å².